The SMILES string of the molecule is CCN1CCC(C2CNC(C)(C)C2)C1. The summed E-state index contributed by atoms with van der Waals surface area (Å²) in [7, 11) is 0. The highest BCUT2D eigenvalue weighted by atomic mass is 15.1. The van der Waals surface area contributed by atoms with Crippen LogP contribution in [0.5, 0.6) is 0 Å². The molecule has 0 aromatic heterocycles. The Labute approximate surface area is 88.1 Å². The summed E-state index contributed by atoms with van der Waals surface area (Å²) in [6.45, 7) is 12.1. The predicted molar refractivity (Wildman–Crippen MR) is 60.4 cm³/mol. The summed E-state index contributed by atoms with van der Waals surface area (Å²) in [6, 6.07) is 0. The van der Waals surface area contributed by atoms with Crippen LogP contribution in [-0.2, 0) is 0 Å². The minimum atomic E-state index is 0.393. The Morgan fingerprint density at radius 3 is 2.64 bits per heavy atom. The lowest BCUT2D eigenvalue weighted by molar-refractivity contribution is 0.300. The number of nitrogens with one attached hydrogen (secondary N) is 1. The molecule has 2 heterocycles. The van der Waals surface area contributed by atoms with E-state index in [-0.39, 0.29) is 0 Å². The molecule has 0 aliphatic carbocycles. The molecular formula is C12H24N2. The first-order chi connectivity index (χ1) is 6.61. The Hall–Kier alpha value is -0.0800. The fourth-order valence-corrected chi connectivity index (χ4v) is 3.08. The van der Waals surface area contributed by atoms with Crippen LogP contribution in [-0.4, -0.2) is 36.6 Å². The van der Waals surface area contributed by atoms with E-state index in [9.17, 15) is 0 Å². The van der Waals surface area contributed by atoms with Gasteiger partial charge in [0.25, 0.3) is 0 Å². The normalized spacial score (nSPS) is 37.9. The molecule has 2 nitrogen and oxygen atoms in total. The van der Waals surface area contributed by atoms with E-state index in [0.717, 1.165) is 11.8 Å². The Morgan fingerprint density at radius 2 is 2.14 bits per heavy atom. The molecule has 0 radical (unpaired) electrons. The number of nitrogens with zero attached hydrogens (tertiary/aromatic N) is 1. The topological polar surface area (TPSA) is 15.3 Å². The standard InChI is InChI=1S/C12H24N2/c1-4-14-6-5-10(9-14)11-7-12(2,3)13-8-11/h10-11,13H,4-9H2,1-3H3. The first-order valence-corrected chi connectivity index (χ1v) is 6.08. The Morgan fingerprint density at radius 1 is 1.36 bits per heavy atom. The van der Waals surface area contributed by atoms with Gasteiger partial charge in [0.1, 0.15) is 0 Å². The molecule has 2 atom stereocenters. The summed E-state index contributed by atoms with van der Waals surface area (Å²) < 4.78 is 0. The van der Waals surface area contributed by atoms with Crippen LogP contribution in [0.1, 0.15) is 33.6 Å². The van der Waals surface area contributed by atoms with Gasteiger partial charge in [-0.2, -0.15) is 0 Å². The largest absolute Gasteiger partial charge is 0.311 e. The van der Waals surface area contributed by atoms with E-state index in [4.69, 9.17) is 0 Å². The maximum absolute atomic E-state index is 3.64. The van der Waals surface area contributed by atoms with Gasteiger partial charge in [-0.05, 0) is 58.2 Å². The lowest BCUT2D eigenvalue weighted by Crippen LogP contribution is -2.31. The van der Waals surface area contributed by atoms with Crippen molar-refractivity contribution in [2.24, 2.45) is 11.8 Å². The van der Waals surface area contributed by atoms with Crippen molar-refractivity contribution in [1.82, 2.24) is 10.2 Å². The summed E-state index contributed by atoms with van der Waals surface area (Å²) in [5, 5.41) is 3.64. The van der Waals surface area contributed by atoms with Crippen LogP contribution in [0.2, 0.25) is 0 Å². The Balaban J connectivity index is 1.86. The molecule has 0 bridgehead atoms. The lowest BCUT2D eigenvalue weighted by Gasteiger charge is -2.20. The van der Waals surface area contributed by atoms with Crippen molar-refractivity contribution in [2.75, 3.05) is 26.2 Å². The molecule has 0 spiro atoms. The molecule has 0 aromatic carbocycles. The number of likely N-dealkylation sites (tertiary alicyclic amines) is 1. The molecule has 1 N–H and O–H groups in total. The average Bonchev–Trinajstić information content (AvgIpc) is 2.70. The molecular weight excluding hydrogens is 172 g/mol. The summed E-state index contributed by atoms with van der Waals surface area (Å²) >= 11 is 0. The van der Waals surface area contributed by atoms with Gasteiger partial charge in [0.05, 0.1) is 0 Å². The molecule has 2 aliphatic rings. The fraction of sp³-hybridized carbons (Fsp3) is 1.00. The van der Waals surface area contributed by atoms with Gasteiger partial charge in [-0.15, -0.1) is 0 Å². The lowest BCUT2D eigenvalue weighted by atomic mass is 9.86. The van der Waals surface area contributed by atoms with Crippen molar-refractivity contribution in [3.8, 4) is 0 Å². The molecule has 2 heteroatoms. The zero-order valence-electron chi connectivity index (χ0n) is 9.84. The van der Waals surface area contributed by atoms with E-state index in [0.29, 0.717) is 5.54 Å². The monoisotopic (exact) mass is 196 g/mol. The highest BCUT2D eigenvalue weighted by Gasteiger charge is 2.37. The molecule has 2 unspecified atom stereocenters. The smallest absolute Gasteiger partial charge is 0.0128 e. The third-order valence-electron chi connectivity index (χ3n) is 4.04. The van der Waals surface area contributed by atoms with Crippen LogP contribution in [0.25, 0.3) is 0 Å². The summed E-state index contributed by atoms with van der Waals surface area (Å²) in [5.41, 5.74) is 0.393. The number of hydrogen-bond acceptors (Lipinski definition) is 2. The van der Waals surface area contributed by atoms with E-state index in [1.165, 1.54) is 39.0 Å². The van der Waals surface area contributed by atoms with Gasteiger partial charge in [-0.1, -0.05) is 6.92 Å². The summed E-state index contributed by atoms with van der Waals surface area (Å²) in [4.78, 5) is 2.59. The van der Waals surface area contributed by atoms with Gasteiger partial charge in [-0.3, -0.25) is 0 Å². The van der Waals surface area contributed by atoms with E-state index in [1.807, 2.05) is 0 Å². The van der Waals surface area contributed by atoms with E-state index in [1.54, 1.807) is 0 Å². The summed E-state index contributed by atoms with van der Waals surface area (Å²) in [6.07, 6.45) is 2.80. The van der Waals surface area contributed by atoms with E-state index in [2.05, 4.69) is 31.0 Å². The van der Waals surface area contributed by atoms with Gasteiger partial charge >= 0.3 is 0 Å². The first kappa shape index (κ1) is 10.4. The van der Waals surface area contributed by atoms with Crippen LogP contribution in [0, 0.1) is 11.8 Å². The van der Waals surface area contributed by atoms with Crippen LogP contribution in [0.3, 0.4) is 0 Å². The third-order valence-corrected chi connectivity index (χ3v) is 4.04. The maximum atomic E-state index is 3.64. The molecule has 0 aromatic rings. The molecule has 2 rings (SSSR count). The Bertz CT molecular complexity index is 200. The van der Waals surface area contributed by atoms with E-state index >= 15 is 0 Å². The van der Waals surface area contributed by atoms with Crippen molar-refractivity contribution >= 4 is 0 Å². The Kier molecular flexibility index (Phi) is 2.85. The zero-order chi connectivity index (χ0) is 10.2. The molecule has 82 valence electrons. The number of rotatable bonds is 2. The van der Waals surface area contributed by atoms with Crippen LogP contribution < -0.4 is 5.32 Å². The molecule has 14 heavy (non-hydrogen) atoms. The average molecular weight is 196 g/mol. The summed E-state index contributed by atoms with van der Waals surface area (Å²) in [5.74, 6) is 1.89. The van der Waals surface area contributed by atoms with Crippen LogP contribution >= 0.6 is 0 Å². The molecule has 0 saturated carbocycles. The van der Waals surface area contributed by atoms with Crippen molar-refractivity contribution in [3.05, 3.63) is 0 Å². The molecule has 0 amide bonds. The highest BCUT2D eigenvalue weighted by molar-refractivity contribution is 4.94. The van der Waals surface area contributed by atoms with Gasteiger partial charge in [0.2, 0.25) is 0 Å². The molecule has 2 saturated heterocycles. The van der Waals surface area contributed by atoms with Crippen molar-refractivity contribution in [1.29, 1.82) is 0 Å². The van der Waals surface area contributed by atoms with Gasteiger partial charge in [-0.25, -0.2) is 0 Å². The fourth-order valence-electron chi connectivity index (χ4n) is 3.08. The van der Waals surface area contributed by atoms with Crippen LogP contribution in [0.15, 0.2) is 0 Å². The van der Waals surface area contributed by atoms with E-state index < -0.39 is 0 Å². The second-order valence-corrected chi connectivity index (χ2v) is 5.67. The molecule has 2 aliphatic heterocycles. The predicted octanol–water partition coefficient (Wildman–Crippen LogP) is 1.72. The first-order valence-electron chi connectivity index (χ1n) is 6.08. The van der Waals surface area contributed by atoms with Gasteiger partial charge < -0.3 is 10.2 Å². The maximum Gasteiger partial charge on any atom is 0.0128 e. The second kappa shape index (κ2) is 3.82. The third kappa shape index (κ3) is 2.12. The zero-order valence-corrected chi connectivity index (χ0v) is 9.84. The van der Waals surface area contributed by atoms with Crippen LogP contribution in [0.4, 0.5) is 0 Å². The number of hydrogen-bond donors (Lipinski definition) is 1. The minimum Gasteiger partial charge on any atom is -0.311 e. The van der Waals surface area contributed by atoms with Crippen molar-refractivity contribution < 1.29 is 0 Å². The molecule has 2 fully saturated rings. The minimum absolute atomic E-state index is 0.393. The quantitative estimate of drug-likeness (QED) is 0.723. The van der Waals surface area contributed by atoms with Crippen molar-refractivity contribution in [3.63, 3.8) is 0 Å². The van der Waals surface area contributed by atoms with Gasteiger partial charge in [0.15, 0.2) is 0 Å². The van der Waals surface area contributed by atoms with Gasteiger partial charge in [0, 0.05) is 12.1 Å². The highest BCUT2D eigenvalue weighted by Crippen LogP contribution is 2.33. The second-order valence-electron chi connectivity index (χ2n) is 5.67. The van der Waals surface area contributed by atoms with Crippen molar-refractivity contribution in [2.45, 2.75) is 39.2 Å².